The van der Waals surface area contributed by atoms with Crippen LogP contribution in [0.1, 0.15) is 70.3 Å². The highest BCUT2D eigenvalue weighted by atomic mass is 16.7. The van der Waals surface area contributed by atoms with E-state index < -0.39 is 68.1 Å². The van der Waals surface area contributed by atoms with Gasteiger partial charge >= 0.3 is 0 Å². The van der Waals surface area contributed by atoms with Crippen molar-refractivity contribution in [3.8, 4) is 0 Å². The smallest absolute Gasteiger partial charge is 0.219 e. The molecule has 8 N–H and O–H groups in total. The number of benzene rings is 1. The topological polar surface area (TPSA) is 198 Å². The first-order valence-corrected chi connectivity index (χ1v) is 15.0. The third kappa shape index (κ3) is 13.0. The Balaban J connectivity index is 1.61. The van der Waals surface area contributed by atoms with Crippen molar-refractivity contribution in [1.29, 1.82) is 0 Å². The van der Waals surface area contributed by atoms with Gasteiger partial charge in [-0.25, -0.2) is 0 Å². The van der Waals surface area contributed by atoms with E-state index >= 15 is 0 Å². The Bertz CT molecular complexity index is 890. The SMILES string of the molecule is CC(=O)N[C@@H](CO[C@H]1OC(CO)[C@H](O)C(O)[C@@H]1O)[C@H](O)[C@H](O)CCCC(=O)NCCCCCCCCc1ccccc1. The van der Waals surface area contributed by atoms with E-state index in [2.05, 4.69) is 34.9 Å². The highest BCUT2D eigenvalue weighted by Crippen LogP contribution is 2.22. The van der Waals surface area contributed by atoms with Gasteiger partial charge in [-0.3, -0.25) is 9.59 Å². The van der Waals surface area contributed by atoms with Crippen LogP contribution in [0.5, 0.6) is 0 Å². The third-order valence-corrected chi connectivity index (χ3v) is 7.44. The number of hydrogen-bond donors (Lipinski definition) is 8. The fourth-order valence-electron chi connectivity index (χ4n) is 4.92. The summed E-state index contributed by atoms with van der Waals surface area (Å²) in [5.74, 6) is -0.640. The van der Waals surface area contributed by atoms with Crippen LogP contribution in [0.4, 0.5) is 0 Å². The molecule has 2 amide bonds. The number of aryl methyl sites for hydroxylation is 1. The number of nitrogens with one attached hydrogen (secondary N) is 2. The number of aliphatic hydroxyl groups is 6. The molecule has 12 heteroatoms. The maximum Gasteiger partial charge on any atom is 0.219 e. The van der Waals surface area contributed by atoms with Crippen LogP contribution >= 0.6 is 0 Å². The number of hydrogen-bond acceptors (Lipinski definition) is 10. The fraction of sp³-hybridized carbons (Fsp3) is 0.733. The minimum absolute atomic E-state index is 0.0910. The van der Waals surface area contributed by atoms with Crippen LogP contribution in [0.15, 0.2) is 30.3 Å². The summed E-state index contributed by atoms with van der Waals surface area (Å²) in [5, 5.41) is 65.7. The molecule has 1 aliphatic rings. The van der Waals surface area contributed by atoms with Crippen LogP contribution in [0.25, 0.3) is 0 Å². The summed E-state index contributed by atoms with van der Waals surface area (Å²) in [6.07, 6.45) is -1.91. The summed E-state index contributed by atoms with van der Waals surface area (Å²) >= 11 is 0. The van der Waals surface area contributed by atoms with Gasteiger partial charge in [-0.15, -0.1) is 0 Å². The molecule has 2 unspecified atom stereocenters. The predicted octanol–water partition coefficient (Wildman–Crippen LogP) is -0.101. The largest absolute Gasteiger partial charge is 0.394 e. The summed E-state index contributed by atoms with van der Waals surface area (Å²) in [6.45, 7) is 0.767. The van der Waals surface area contributed by atoms with Crippen molar-refractivity contribution in [2.45, 2.75) is 120 Å². The van der Waals surface area contributed by atoms with Gasteiger partial charge in [0.25, 0.3) is 0 Å². The number of amides is 2. The molecule has 12 nitrogen and oxygen atoms in total. The van der Waals surface area contributed by atoms with Gasteiger partial charge in [0.15, 0.2) is 6.29 Å². The molecular formula is C30H50N2O10. The minimum Gasteiger partial charge on any atom is -0.394 e. The van der Waals surface area contributed by atoms with Crippen molar-refractivity contribution in [3.05, 3.63) is 35.9 Å². The zero-order chi connectivity index (χ0) is 30.9. The maximum atomic E-state index is 12.2. The molecule has 0 saturated carbocycles. The number of ether oxygens (including phenoxy) is 2. The average Bonchev–Trinajstić information content (AvgIpc) is 2.98. The van der Waals surface area contributed by atoms with Gasteiger partial charge in [-0.1, -0.05) is 56.0 Å². The molecule has 0 aromatic heterocycles. The van der Waals surface area contributed by atoms with E-state index in [1.54, 1.807) is 0 Å². The molecule has 0 aliphatic carbocycles. The molecule has 0 bridgehead atoms. The van der Waals surface area contributed by atoms with Gasteiger partial charge in [0.2, 0.25) is 11.8 Å². The molecule has 1 aliphatic heterocycles. The number of carbonyl (C=O) groups is 2. The van der Waals surface area contributed by atoms with E-state index in [1.165, 1.54) is 31.7 Å². The lowest BCUT2D eigenvalue weighted by molar-refractivity contribution is -0.303. The van der Waals surface area contributed by atoms with Gasteiger partial charge < -0.3 is 50.7 Å². The van der Waals surface area contributed by atoms with Crippen LogP contribution in [-0.4, -0.2) is 111 Å². The van der Waals surface area contributed by atoms with E-state index in [1.807, 2.05) is 6.07 Å². The van der Waals surface area contributed by atoms with Gasteiger partial charge in [-0.2, -0.15) is 0 Å². The molecule has 1 aromatic carbocycles. The fourth-order valence-corrected chi connectivity index (χ4v) is 4.92. The summed E-state index contributed by atoms with van der Waals surface area (Å²) < 4.78 is 10.7. The number of rotatable bonds is 20. The van der Waals surface area contributed by atoms with Crippen molar-refractivity contribution >= 4 is 11.8 Å². The molecular weight excluding hydrogens is 548 g/mol. The second-order valence-corrected chi connectivity index (χ2v) is 11.0. The lowest BCUT2D eigenvalue weighted by Crippen LogP contribution is -2.60. The molecule has 1 aromatic rings. The molecule has 1 fully saturated rings. The summed E-state index contributed by atoms with van der Waals surface area (Å²) in [7, 11) is 0. The van der Waals surface area contributed by atoms with E-state index in [0.717, 1.165) is 25.7 Å². The Morgan fingerprint density at radius 2 is 1.60 bits per heavy atom. The molecule has 2 rings (SSSR count). The quantitative estimate of drug-likeness (QED) is 0.0938. The summed E-state index contributed by atoms with van der Waals surface area (Å²) in [6, 6.07) is 9.36. The van der Waals surface area contributed by atoms with Crippen molar-refractivity contribution in [3.63, 3.8) is 0 Å². The Hall–Kier alpha value is -2.16. The number of aliphatic hydroxyl groups excluding tert-OH is 6. The molecule has 1 saturated heterocycles. The average molecular weight is 599 g/mol. The van der Waals surface area contributed by atoms with Crippen LogP contribution < -0.4 is 10.6 Å². The number of unbranched alkanes of at least 4 members (excludes halogenated alkanes) is 5. The van der Waals surface area contributed by atoms with Gasteiger partial charge in [0.1, 0.15) is 30.5 Å². The van der Waals surface area contributed by atoms with Gasteiger partial charge in [0, 0.05) is 19.9 Å². The molecule has 8 atom stereocenters. The van der Waals surface area contributed by atoms with Crippen LogP contribution in [0.3, 0.4) is 0 Å². The Kier molecular flexibility index (Phi) is 17.1. The summed E-state index contributed by atoms with van der Waals surface area (Å²) in [4.78, 5) is 23.8. The van der Waals surface area contributed by atoms with Crippen LogP contribution in [0, 0.1) is 0 Å². The highest BCUT2D eigenvalue weighted by molar-refractivity contribution is 5.75. The lowest BCUT2D eigenvalue weighted by atomic mass is 9.99. The van der Waals surface area contributed by atoms with E-state index in [-0.39, 0.29) is 18.7 Å². The molecule has 0 spiro atoms. The Morgan fingerprint density at radius 1 is 0.929 bits per heavy atom. The first-order valence-electron chi connectivity index (χ1n) is 15.0. The highest BCUT2D eigenvalue weighted by Gasteiger charge is 2.44. The Morgan fingerprint density at radius 3 is 2.26 bits per heavy atom. The van der Waals surface area contributed by atoms with Crippen molar-refractivity contribution in [2.24, 2.45) is 0 Å². The second kappa shape index (κ2) is 19.9. The normalized spacial score (nSPS) is 24.5. The van der Waals surface area contributed by atoms with Gasteiger partial charge in [0.05, 0.1) is 25.4 Å². The van der Waals surface area contributed by atoms with E-state index in [0.29, 0.717) is 13.0 Å². The molecule has 240 valence electrons. The van der Waals surface area contributed by atoms with Crippen LogP contribution in [0.2, 0.25) is 0 Å². The summed E-state index contributed by atoms with van der Waals surface area (Å²) in [5.41, 5.74) is 1.37. The minimum atomic E-state index is -1.65. The number of carbonyl (C=O) groups excluding carboxylic acids is 2. The van der Waals surface area contributed by atoms with Gasteiger partial charge in [-0.05, 0) is 37.7 Å². The lowest BCUT2D eigenvalue weighted by Gasteiger charge is -2.40. The monoisotopic (exact) mass is 598 g/mol. The van der Waals surface area contributed by atoms with Crippen molar-refractivity contribution < 1.29 is 49.7 Å². The van der Waals surface area contributed by atoms with Crippen molar-refractivity contribution in [1.82, 2.24) is 10.6 Å². The Labute approximate surface area is 248 Å². The zero-order valence-corrected chi connectivity index (χ0v) is 24.5. The first kappa shape index (κ1) is 36.0. The maximum absolute atomic E-state index is 12.2. The second-order valence-electron chi connectivity index (χ2n) is 11.0. The zero-order valence-electron chi connectivity index (χ0n) is 24.5. The molecule has 1 heterocycles. The molecule has 42 heavy (non-hydrogen) atoms. The van der Waals surface area contributed by atoms with Crippen molar-refractivity contribution in [2.75, 3.05) is 19.8 Å². The third-order valence-electron chi connectivity index (χ3n) is 7.44. The first-order chi connectivity index (χ1) is 20.1. The predicted molar refractivity (Wildman–Crippen MR) is 154 cm³/mol. The van der Waals surface area contributed by atoms with Crippen LogP contribution in [-0.2, 0) is 25.5 Å². The van der Waals surface area contributed by atoms with E-state index in [4.69, 9.17) is 9.47 Å². The van der Waals surface area contributed by atoms with E-state index in [9.17, 15) is 40.2 Å². The standard InChI is InChI=1S/C30H50N2O10/c1-20(34)32-22(19-41-30-29(40)28(39)27(38)24(18-33)42-30)26(37)23(35)15-11-16-25(36)31-17-10-5-3-2-4-7-12-21-13-8-6-9-14-21/h6,8-9,13-14,22-24,26-30,33,35,37-40H,2-5,7,10-12,15-19H2,1H3,(H,31,36)(H,32,34)/t22-,23+,24?,26-,27-,28?,29-,30-/m0/s1. The molecule has 0 radical (unpaired) electrons.